The van der Waals surface area contributed by atoms with Gasteiger partial charge in [0.05, 0.1) is 37.3 Å². The number of hydrogen-bond acceptors (Lipinski definition) is 5. The summed E-state index contributed by atoms with van der Waals surface area (Å²) in [6.45, 7) is 3.09. The molecule has 0 aromatic carbocycles. The van der Waals surface area contributed by atoms with Gasteiger partial charge in [0.1, 0.15) is 5.82 Å². The van der Waals surface area contributed by atoms with Crippen molar-refractivity contribution < 1.29 is 10.2 Å². The molecule has 88 valence electrons. The van der Waals surface area contributed by atoms with Gasteiger partial charge in [-0.1, -0.05) is 6.92 Å². The Bertz CT molecular complexity index is 342. The molecule has 0 radical (unpaired) electrons. The first-order valence-corrected chi connectivity index (χ1v) is 5.55. The molecule has 5 heteroatoms. The van der Waals surface area contributed by atoms with Crippen LogP contribution in [0, 0.1) is 5.92 Å². The Labute approximate surface area is 94.8 Å². The third kappa shape index (κ3) is 2.01. The van der Waals surface area contributed by atoms with Gasteiger partial charge in [0, 0.05) is 6.54 Å². The molecule has 0 amide bonds. The predicted octanol–water partition coefficient (Wildman–Crippen LogP) is 0.176. The van der Waals surface area contributed by atoms with Crippen molar-refractivity contribution >= 4 is 5.82 Å². The number of aromatic nitrogens is 2. The van der Waals surface area contributed by atoms with E-state index in [2.05, 4.69) is 21.8 Å². The van der Waals surface area contributed by atoms with Crippen molar-refractivity contribution in [1.82, 2.24) is 9.97 Å². The van der Waals surface area contributed by atoms with Crippen LogP contribution in [0.2, 0.25) is 0 Å². The van der Waals surface area contributed by atoms with Gasteiger partial charge in [-0.15, -0.1) is 0 Å². The van der Waals surface area contributed by atoms with Crippen molar-refractivity contribution in [2.24, 2.45) is 5.92 Å². The molecule has 0 saturated carbocycles. The van der Waals surface area contributed by atoms with E-state index in [1.807, 2.05) is 0 Å². The Morgan fingerprint density at radius 2 is 2.19 bits per heavy atom. The van der Waals surface area contributed by atoms with Gasteiger partial charge in [-0.25, -0.2) is 4.98 Å². The molecule has 1 fully saturated rings. The van der Waals surface area contributed by atoms with E-state index in [0.29, 0.717) is 11.6 Å². The average Bonchev–Trinajstić information content (AvgIpc) is 2.70. The normalized spacial score (nSPS) is 25.1. The molecule has 0 aliphatic carbocycles. The highest BCUT2D eigenvalue weighted by Gasteiger charge is 2.31. The largest absolute Gasteiger partial charge is 0.394 e. The van der Waals surface area contributed by atoms with E-state index in [9.17, 15) is 5.11 Å². The van der Waals surface area contributed by atoms with E-state index in [0.717, 1.165) is 18.8 Å². The number of anilines is 1. The van der Waals surface area contributed by atoms with Crippen LogP contribution < -0.4 is 4.90 Å². The zero-order valence-corrected chi connectivity index (χ0v) is 9.37. The molecule has 2 unspecified atom stereocenters. The van der Waals surface area contributed by atoms with Crippen LogP contribution >= 0.6 is 0 Å². The van der Waals surface area contributed by atoms with Crippen LogP contribution in [0.4, 0.5) is 5.82 Å². The molecule has 0 bridgehead atoms. The Morgan fingerprint density at radius 1 is 1.38 bits per heavy atom. The van der Waals surface area contributed by atoms with Crippen molar-refractivity contribution in [3.8, 4) is 0 Å². The lowest BCUT2D eigenvalue weighted by molar-refractivity contribution is 0.244. The highest BCUT2D eigenvalue weighted by Crippen LogP contribution is 2.27. The molecular weight excluding hydrogens is 206 g/mol. The lowest BCUT2D eigenvalue weighted by Gasteiger charge is -2.25. The summed E-state index contributed by atoms with van der Waals surface area (Å²) in [5.41, 5.74) is 0.566. The van der Waals surface area contributed by atoms with Crippen LogP contribution in [0.25, 0.3) is 0 Å². The first kappa shape index (κ1) is 11.3. The van der Waals surface area contributed by atoms with Crippen LogP contribution in [0.15, 0.2) is 12.4 Å². The molecule has 16 heavy (non-hydrogen) atoms. The van der Waals surface area contributed by atoms with Gasteiger partial charge in [0.25, 0.3) is 0 Å². The fourth-order valence-electron chi connectivity index (χ4n) is 2.15. The summed E-state index contributed by atoms with van der Waals surface area (Å²) in [7, 11) is 0. The van der Waals surface area contributed by atoms with E-state index in [1.54, 1.807) is 12.4 Å². The predicted molar refractivity (Wildman–Crippen MR) is 60.0 cm³/mol. The molecule has 0 spiro atoms. The number of nitrogens with zero attached hydrogens (tertiary/aromatic N) is 3. The fourth-order valence-corrected chi connectivity index (χ4v) is 2.15. The molecule has 1 aromatic rings. The minimum Gasteiger partial charge on any atom is -0.394 e. The quantitative estimate of drug-likeness (QED) is 0.764. The van der Waals surface area contributed by atoms with Gasteiger partial charge in [0.2, 0.25) is 0 Å². The Kier molecular flexibility index (Phi) is 3.36. The first-order chi connectivity index (χ1) is 7.76. The molecular formula is C11H17N3O2. The maximum Gasteiger partial charge on any atom is 0.147 e. The summed E-state index contributed by atoms with van der Waals surface area (Å²) in [5.74, 6) is 1.25. The number of hydrogen-bond donors (Lipinski definition) is 2. The van der Waals surface area contributed by atoms with Crippen LogP contribution in [-0.2, 0) is 6.61 Å². The molecule has 1 aliphatic rings. The second-order valence-electron chi connectivity index (χ2n) is 4.23. The topological polar surface area (TPSA) is 69.5 Å². The van der Waals surface area contributed by atoms with E-state index in [-0.39, 0.29) is 19.3 Å². The maximum atomic E-state index is 9.34. The lowest BCUT2D eigenvalue weighted by atomic mass is 10.0. The second-order valence-corrected chi connectivity index (χ2v) is 4.23. The minimum atomic E-state index is -0.0902. The number of rotatable bonds is 3. The molecule has 2 N–H and O–H groups in total. The molecule has 1 saturated heterocycles. The molecule has 2 heterocycles. The van der Waals surface area contributed by atoms with Crippen LogP contribution in [0.3, 0.4) is 0 Å². The summed E-state index contributed by atoms with van der Waals surface area (Å²) >= 11 is 0. The zero-order chi connectivity index (χ0) is 11.5. The summed E-state index contributed by atoms with van der Waals surface area (Å²) in [6.07, 6.45) is 4.30. The lowest BCUT2D eigenvalue weighted by Crippen LogP contribution is -2.35. The van der Waals surface area contributed by atoms with Crippen molar-refractivity contribution in [3.05, 3.63) is 18.1 Å². The summed E-state index contributed by atoms with van der Waals surface area (Å²) in [6, 6.07) is 0.134. The first-order valence-electron chi connectivity index (χ1n) is 5.55. The molecule has 1 aliphatic heterocycles. The van der Waals surface area contributed by atoms with Crippen LogP contribution in [0.5, 0.6) is 0 Å². The highest BCUT2D eigenvalue weighted by molar-refractivity contribution is 5.39. The number of aliphatic hydroxyl groups excluding tert-OH is 2. The fraction of sp³-hybridized carbons (Fsp3) is 0.636. The van der Waals surface area contributed by atoms with Crippen molar-refractivity contribution in [3.63, 3.8) is 0 Å². The van der Waals surface area contributed by atoms with Crippen molar-refractivity contribution in [1.29, 1.82) is 0 Å². The van der Waals surface area contributed by atoms with Crippen LogP contribution in [-0.4, -0.2) is 39.4 Å². The molecule has 1 aromatic heterocycles. The SMILES string of the molecule is CC1CCN(c2cnc(CO)cn2)C1CO. The van der Waals surface area contributed by atoms with Crippen LogP contribution in [0.1, 0.15) is 19.0 Å². The standard InChI is InChI=1S/C11H17N3O2/c1-8-2-3-14(10(8)7-16)11-5-12-9(6-15)4-13-11/h4-5,8,10,15-16H,2-3,6-7H2,1H3. The number of aliphatic hydroxyl groups is 2. The van der Waals surface area contributed by atoms with Gasteiger partial charge >= 0.3 is 0 Å². The summed E-state index contributed by atoms with van der Waals surface area (Å²) < 4.78 is 0. The van der Waals surface area contributed by atoms with Crippen molar-refractivity contribution in [2.75, 3.05) is 18.1 Å². The van der Waals surface area contributed by atoms with E-state index in [1.165, 1.54) is 0 Å². The zero-order valence-electron chi connectivity index (χ0n) is 9.37. The van der Waals surface area contributed by atoms with E-state index in [4.69, 9.17) is 5.11 Å². The third-order valence-electron chi connectivity index (χ3n) is 3.22. The van der Waals surface area contributed by atoms with Gasteiger partial charge in [-0.3, -0.25) is 4.98 Å². The monoisotopic (exact) mass is 223 g/mol. The summed E-state index contributed by atoms with van der Waals surface area (Å²) in [5, 5.41) is 18.2. The Hall–Kier alpha value is -1.20. The maximum absolute atomic E-state index is 9.34. The Morgan fingerprint density at radius 3 is 2.75 bits per heavy atom. The van der Waals surface area contributed by atoms with Gasteiger partial charge in [0.15, 0.2) is 0 Å². The minimum absolute atomic E-state index is 0.0902. The molecule has 2 atom stereocenters. The van der Waals surface area contributed by atoms with Gasteiger partial charge in [-0.05, 0) is 12.3 Å². The molecule has 2 rings (SSSR count). The smallest absolute Gasteiger partial charge is 0.147 e. The highest BCUT2D eigenvalue weighted by atomic mass is 16.3. The van der Waals surface area contributed by atoms with Gasteiger partial charge in [-0.2, -0.15) is 0 Å². The molecule has 5 nitrogen and oxygen atoms in total. The third-order valence-corrected chi connectivity index (χ3v) is 3.22. The van der Waals surface area contributed by atoms with Gasteiger partial charge < -0.3 is 15.1 Å². The second kappa shape index (κ2) is 4.76. The van der Waals surface area contributed by atoms with Crippen molar-refractivity contribution in [2.45, 2.75) is 26.0 Å². The van der Waals surface area contributed by atoms with E-state index >= 15 is 0 Å². The van der Waals surface area contributed by atoms with E-state index < -0.39 is 0 Å². The summed E-state index contributed by atoms with van der Waals surface area (Å²) in [4.78, 5) is 10.4. The average molecular weight is 223 g/mol. The Balaban J connectivity index is 2.17.